The van der Waals surface area contributed by atoms with Gasteiger partial charge in [0, 0.05) is 10.7 Å². The van der Waals surface area contributed by atoms with Gasteiger partial charge in [0.2, 0.25) is 5.91 Å². The van der Waals surface area contributed by atoms with Crippen LogP contribution in [0.5, 0.6) is 0 Å². The molecule has 1 atom stereocenters. The van der Waals surface area contributed by atoms with Crippen molar-refractivity contribution in [2.24, 2.45) is 0 Å². The van der Waals surface area contributed by atoms with Gasteiger partial charge in [-0.3, -0.25) is 9.78 Å². The SMILES string of the molecule is O=C1CC(c2ccc(Br)cn2)N1. The zero-order valence-electron chi connectivity index (χ0n) is 6.25. The van der Waals surface area contributed by atoms with Crippen LogP contribution in [0.2, 0.25) is 0 Å². The number of carbonyl (C=O) groups is 1. The fourth-order valence-electron chi connectivity index (χ4n) is 1.13. The van der Waals surface area contributed by atoms with Crippen molar-refractivity contribution in [2.75, 3.05) is 0 Å². The number of halogens is 1. The first-order valence-corrected chi connectivity index (χ1v) is 4.46. The maximum atomic E-state index is 10.6. The summed E-state index contributed by atoms with van der Waals surface area (Å²) in [5.41, 5.74) is 0.929. The van der Waals surface area contributed by atoms with Crippen LogP contribution < -0.4 is 5.32 Å². The van der Waals surface area contributed by atoms with E-state index in [4.69, 9.17) is 0 Å². The Morgan fingerprint density at radius 2 is 2.33 bits per heavy atom. The third kappa shape index (κ3) is 1.34. The highest BCUT2D eigenvalue weighted by atomic mass is 79.9. The number of nitrogens with zero attached hydrogens (tertiary/aromatic N) is 1. The number of carbonyl (C=O) groups excluding carboxylic acids is 1. The number of β-lactam (4-membered cyclic amide) rings is 1. The number of rotatable bonds is 1. The predicted molar refractivity (Wildman–Crippen MR) is 47.4 cm³/mol. The van der Waals surface area contributed by atoms with Gasteiger partial charge in [0.05, 0.1) is 18.2 Å². The lowest BCUT2D eigenvalue weighted by atomic mass is 10.0. The van der Waals surface area contributed by atoms with E-state index in [9.17, 15) is 4.79 Å². The Labute approximate surface area is 78.3 Å². The van der Waals surface area contributed by atoms with Gasteiger partial charge in [-0.1, -0.05) is 0 Å². The van der Waals surface area contributed by atoms with Crippen LogP contribution in [0, 0.1) is 0 Å². The molecule has 2 rings (SSSR count). The molecule has 1 unspecified atom stereocenters. The molecule has 0 saturated carbocycles. The quantitative estimate of drug-likeness (QED) is 0.737. The van der Waals surface area contributed by atoms with Gasteiger partial charge in [-0.15, -0.1) is 0 Å². The number of pyridine rings is 1. The predicted octanol–water partition coefficient (Wildman–Crippen LogP) is 1.41. The summed E-state index contributed by atoms with van der Waals surface area (Å²) in [4.78, 5) is 14.8. The maximum absolute atomic E-state index is 10.6. The summed E-state index contributed by atoms with van der Waals surface area (Å²) in [7, 11) is 0. The Morgan fingerprint density at radius 1 is 1.58 bits per heavy atom. The third-order valence-electron chi connectivity index (χ3n) is 1.83. The highest BCUT2D eigenvalue weighted by Crippen LogP contribution is 2.22. The van der Waals surface area contributed by atoms with Crippen LogP contribution in [-0.2, 0) is 4.79 Å². The van der Waals surface area contributed by atoms with Gasteiger partial charge in [0.1, 0.15) is 0 Å². The van der Waals surface area contributed by atoms with Crippen molar-refractivity contribution >= 4 is 21.8 Å². The van der Waals surface area contributed by atoms with Crippen molar-refractivity contribution < 1.29 is 4.79 Å². The summed E-state index contributed by atoms with van der Waals surface area (Å²) >= 11 is 3.30. The topological polar surface area (TPSA) is 42.0 Å². The van der Waals surface area contributed by atoms with E-state index >= 15 is 0 Å². The molecule has 12 heavy (non-hydrogen) atoms. The molecule has 1 aliphatic rings. The van der Waals surface area contributed by atoms with E-state index in [1.54, 1.807) is 6.20 Å². The molecule has 0 aliphatic carbocycles. The minimum absolute atomic E-state index is 0.102. The third-order valence-corrected chi connectivity index (χ3v) is 2.30. The van der Waals surface area contributed by atoms with E-state index in [0.717, 1.165) is 10.2 Å². The average molecular weight is 227 g/mol. The van der Waals surface area contributed by atoms with Gasteiger partial charge >= 0.3 is 0 Å². The van der Waals surface area contributed by atoms with Gasteiger partial charge < -0.3 is 5.32 Å². The van der Waals surface area contributed by atoms with Crippen molar-refractivity contribution in [1.82, 2.24) is 10.3 Å². The van der Waals surface area contributed by atoms with Crippen molar-refractivity contribution in [1.29, 1.82) is 0 Å². The first kappa shape index (κ1) is 7.73. The largest absolute Gasteiger partial charge is 0.347 e. The Balaban J connectivity index is 2.14. The van der Waals surface area contributed by atoms with E-state index in [1.807, 2.05) is 12.1 Å². The second-order valence-corrected chi connectivity index (χ2v) is 3.64. The molecule has 0 aromatic carbocycles. The molecule has 1 saturated heterocycles. The normalized spacial score (nSPS) is 21.4. The van der Waals surface area contributed by atoms with Crippen LogP contribution in [0.15, 0.2) is 22.8 Å². The standard InChI is InChI=1S/C8H7BrN2O/c9-5-1-2-6(10-4-5)7-3-8(12)11-7/h1-2,4,7H,3H2,(H,11,12). The van der Waals surface area contributed by atoms with Crippen molar-refractivity contribution in [3.63, 3.8) is 0 Å². The molecule has 0 radical (unpaired) electrons. The van der Waals surface area contributed by atoms with E-state index in [-0.39, 0.29) is 11.9 Å². The summed E-state index contributed by atoms with van der Waals surface area (Å²) in [5, 5.41) is 2.76. The van der Waals surface area contributed by atoms with Crippen LogP contribution >= 0.6 is 15.9 Å². The Kier molecular flexibility index (Phi) is 1.84. The van der Waals surface area contributed by atoms with Crippen molar-refractivity contribution in [3.8, 4) is 0 Å². The zero-order chi connectivity index (χ0) is 8.55. The first-order valence-electron chi connectivity index (χ1n) is 3.66. The molecular formula is C8H7BrN2O. The van der Waals surface area contributed by atoms with Crippen LogP contribution in [0.4, 0.5) is 0 Å². The second kappa shape index (κ2) is 2.86. The fourth-order valence-corrected chi connectivity index (χ4v) is 1.37. The van der Waals surface area contributed by atoms with Crippen LogP contribution in [-0.4, -0.2) is 10.9 Å². The monoisotopic (exact) mass is 226 g/mol. The molecule has 2 heterocycles. The molecule has 0 bridgehead atoms. The van der Waals surface area contributed by atoms with E-state index in [0.29, 0.717) is 6.42 Å². The molecule has 1 aromatic rings. The number of aromatic nitrogens is 1. The number of amides is 1. The summed E-state index contributed by atoms with van der Waals surface area (Å²) in [5.74, 6) is 0.102. The van der Waals surface area contributed by atoms with Crippen LogP contribution in [0.25, 0.3) is 0 Å². The molecule has 1 aromatic heterocycles. The average Bonchev–Trinajstić information content (AvgIpc) is 2.01. The Bertz CT molecular complexity index is 301. The number of hydrogen-bond acceptors (Lipinski definition) is 2. The van der Waals surface area contributed by atoms with Gasteiger partial charge in [0.15, 0.2) is 0 Å². The van der Waals surface area contributed by atoms with Crippen LogP contribution in [0.3, 0.4) is 0 Å². The number of nitrogens with one attached hydrogen (secondary N) is 1. The Hall–Kier alpha value is -0.900. The van der Waals surface area contributed by atoms with Crippen LogP contribution in [0.1, 0.15) is 18.2 Å². The summed E-state index contributed by atoms with van der Waals surface area (Å²) in [6.45, 7) is 0. The molecule has 0 spiro atoms. The van der Waals surface area contributed by atoms with E-state index in [1.165, 1.54) is 0 Å². The fraction of sp³-hybridized carbons (Fsp3) is 0.250. The summed E-state index contributed by atoms with van der Waals surface area (Å²) in [6, 6.07) is 3.96. The van der Waals surface area contributed by atoms with Crippen molar-refractivity contribution in [2.45, 2.75) is 12.5 Å². The lowest BCUT2D eigenvalue weighted by Crippen LogP contribution is -2.41. The molecule has 62 valence electrons. The molecule has 4 heteroatoms. The first-order chi connectivity index (χ1) is 5.75. The van der Waals surface area contributed by atoms with Gasteiger partial charge in [0.25, 0.3) is 0 Å². The minimum Gasteiger partial charge on any atom is -0.347 e. The zero-order valence-corrected chi connectivity index (χ0v) is 7.84. The molecular weight excluding hydrogens is 220 g/mol. The second-order valence-electron chi connectivity index (χ2n) is 2.73. The van der Waals surface area contributed by atoms with Gasteiger partial charge in [-0.25, -0.2) is 0 Å². The smallest absolute Gasteiger partial charge is 0.223 e. The maximum Gasteiger partial charge on any atom is 0.223 e. The molecule has 1 amide bonds. The molecule has 3 nitrogen and oxygen atoms in total. The summed E-state index contributed by atoms with van der Waals surface area (Å²) < 4.78 is 0.955. The summed E-state index contributed by atoms with van der Waals surface area (Å²) in [6.07, 6.45) is 2.30. The van der Waals surface area contributed by atoms with E-state index in [2.05, 4.69) is 26.2 Å². The molecule has 1 N–H and O–H groups in total. The molecule has 1 fully saturated rings. The van der Waals surface area contributed by atoms with Crippen molar-refractivity contribution in [3.05, 3.63) is 28.5 Å². The highest BCUT2D eigenvalue weighted by Gasteiger charge is 2.27. The van der Waals surface area contributed by atoms with Gasteiger partial charge in [-0.05, 0) is 28.1 Å². The molecule has 1 aliphatic heterocycles. The van der Waals surface area contributed by atoms with Gasteiger partial charge in [-0.2, -0.15) is 0 Å². The minimum atomic E-state index is 0.102. The lowest BCUT2D eigenvalue weighted by Gasteiger charge is -2.25. The van der Waals surface area contributed by atoms with E-state index < -0.39 is 0 Å². The number of hydrogen-bond donors (Lipinski definition) is 1. The Morgan fingerprint density at radius 3 is 2.83 bits per heavy atom. The lowest BCUT2D eigenvalue weighted by molar-refractivity contribution is -0.128. The highest BCUT2D eigenvalue weighted by molar-refractivity contribution is 9.10.